The lowest BCUT2D eigenvalue weighted by Crippen LogP contribution is -2.30. The molecule has 16 heavy (non-hydrogen) atoms. The lowest BCUT2D eigenvalue weighted by molar-refractivity contribution is -0.139. The Morgan fingerprint density at radius 2 is 2.50 bits per heavy atom. The Bertz CT molecular complexity index is 399. The molecule has 0 aliphatic carbocycles. The zero-order chi connectivity index (χ0) is 11.5. The first kappa shape index (κ1) is 11.2. The molecule has 2 atom stereocenters. The second-order valence-electron chi connectivity index (χ2n) is 3.57. The first-order valence-electron chi connectivity index (χ1n) is 4.90. The fraction of sp³-hybridized carbons (Fsp3) is 0.400. The third-order valence-corrected chi connectivity index (χ3v) is 2.68. The molecule has 1 aliphatic rings. The predicted octanol–water partition coefficient (Wildman–Crippen LogP) is 0.929. The fourth-order valence-corrected chi connectivity index (χ4v) is 1.76. The molecule has 0 amide bonds. The van der Waals surface area contributed by atoms with Crippen LogP contribution in [0.4, 0.5) is 0 Å². The molecule has 86 valence electrons. The molecule has 1 aliphatic heterocycles. The van der Waals surface area contributed by atoms with Crippen molar-refractivity contribution in [3.8, 4) is 5.88 Å². The molecule has 0 radical (unpaired) electrons. The van der Waals surface area contributed by atoms with Crippen LogP contribution in [0.5, 0.6) is 5.88 Å². The molecule has 1 fully saturated rings. The van der Waals surface area contributed by atoms with Gasteiger partial charge >= 0.3 is 5.97 Å². The molecule has 1 aromatic heterocycles. The van der Waals surface area contributed by atoms with Crippen molar-refractivity contribution in [2.75, 3.05) is 6.54 Å². The number of halogens is 1. The summed E-state index contributed by atoms with van der Waals surface area (Å²) in [7, 11) is 0. The van der Waals surface area contributed by atoms with Crippen LogP contribution in [0.15, 0.2) is 18.3 Å². The Kier molecular flexibility index (Phi) is 3.26. The van der Waals surface area contributed by atoms with Crippen molar-refractivity contribution < 1.29 is 14.6 Å². The van der Waals surface area contributed by atoms with Crippen molar-refractivity contribution in [1.82, 2.24) is 10.3 Å². The summed E-state index contributed by atoms with van der Waals surface area (Å²) < 4.78 is 5.52. The zero-order valence-corrected chi connectivity index (χ0v) is 9.15. The van der Waals surface area contributed by atoms with Gasteiger partial charge in [-0.2, -0.15) is 0 Å². The van der Waals surface area contributed by atoms with Crippen LogP contribution in [0.1, 0.15) is 6.42 Å². The highest BCUT2D eigenvalue weighted by Crippen LogP contribution is 2.23. The summed E-state index contributed by atoms with van der Waals surface area (Å²) in [6.45, 7) is 0.490. The lowest BCUT2D eigenvalue weighted by Gasteiger charge is -2.12. The van der Waals surface area contributed by atoms with Crippen LogP contribution < -0.4 is 10.1 Å². The molecule has 2 heterocycles. The number of carboxylic acid groups (broad SMARTS) is 1. The quantitative estimate of drug-likeness (QED) is 0.825. The van der Waals surface area contributed by atoms with Crippen LogP contribution >= 0.6 is 11.6 Å². The minimum absolute atomic E-state index is 0.200. The van der Waals surface area contributed by atoms with E-state index in [1.807, 2.05) is 0 Å². The molecule has 1 saturated heterocycles. The van der Waals surface area contributed by atoms with Crippen molar-refractivity contribution in [1.29, 1.82) is 0 Å². The highest BCUT2D eigenvalue weighted by atomic mass is 35.5. The van der Waals surface area contributed by atoms with Gasteiger partial charge in [0.15, 0.2) is 0 Å². The van der Waals surface area contributed by atoms with E-state index in [1.54, 1.807) is 18.3 Å². The summed E-state index contributed by atoms with van der Waals surface area (Å²) in [5.74, 6) is -0.514. The molecule has 2 unspecified atom stereocenters. The minimum Gasteiger partial charge on any atom is -0.480 e. The largest absolute Gasteiger partial charge is 0.480 e. The average molecular weight is 243 g/mol. The maximum Gasteiger partial charge on any atom is 0.320 e. The van der Waals surface area contributed by atoms with E-state index < -0.39 is 12.0 Å². The van der Waals surface area contributed by atoms with E-state index in [0.29, 0.717) is 23.9 Å². The molecule has 1 aromatic rings. The summed E-state index contributed by atoms with van der Waals surface area (Å²) in [4.78, 5) is 14.7. The molecular formula is C10H11ClN2O3. The second kappa shape index (κ2) is 4.67. The van der Waals surface area contributed by atoms with Gasteiger partial charge in [-0.25, -0.2) is 4.98 Å². The van der Waals surface area contributed by atoms with E-state index in [2.05, 4.69) is 10.3 Å². The summed E-state index contributed by atoms with van der Waals surface area (Å²) in [5, 5.41) is 12.1. The number of carbonyl (C=O) groups is 1. The Morgan fingerprint density at radius 1 is 1.69 bits per heavy atom. The number of aliphatic carboxylic acids is 1. The van der Waals surface area contributed by atoms with Gasteiger partial charge in [-0.15, -0.1) is 0 Å². The first-order chi connectivity index (χ1) is 7.66. The number of carboxylic acids is 1. The highest BCUT2D eigenvalue weighted by molar-refractivity contribution is 6.31. The molecule has 2 N–H and O–H groups in total. The maximum absolute atomic E-state index is 10.7. The first-order valence-corrected chi connectivity index (χ1v) is 5.28. The number of aromatic nitrogens is 1. The van der Waals surface area contributed by atoms with Gasteiger partial charge in [0.2, 0.25) is 5.88 Å². The topological polar surface area (TPSA) is 71.5 Å². The van der Waals surface area contributed by atoms with Crippen molar-refractivity contribution in [2.45, 2.75) is 18.6 Å². The molecule has 0 aromatic carbocycles. The fourth-order valence-electron chi connectivity index (χ4n) is 1.60. The molecule has 6 heteroatoms. The Hall–Kier alpha value is -1.33. The average Bonchev–Trinajstić information content (AvgIpc) is 2.70. The minimum atomic E-state index is -0.863. The molecule has 2 rings (SSSR count). The van der Waals surface area contributed by atoms with Crippen molar-refractivity contribution >= 4 is 17.6 Å². The SMILES string of the molecule is O=C(O)C1CC(Oc2ncccc2Cl)CN1. The molecular weight excluding hydrogens is 232 g/mol. The van der Waals surface area contributed by atoms with Gasteiger partial charge in [-0.05, 0) is 12.1 Å². The lowest BCUT2D eigenvalue weighted by atomic mass is 10.2. The Balaban J connectivity index is 1.97. The Morgan fingerprint density at radius 3 is 3.12 bits per heavy atom. The van der Waals surface area contributed by atoms with Crippen LogP contribution in [-0.4, -0.2) is 34.8 Å². The number of rotatable bonds is 3. The van der Waals surface area contributed by atoms with Gasteiger partial charge in [0.1, 0.15) is 17.2 Å². The van der Waals surface area contributed by atoms with Crippen molar-refractivity contribution in [3.05, 3.63) is 23.4 Å². The normalized spacial score (nSPS) is 24.3. The number of nitrogens with zero attached hydrogens (tertiary/aromatic N) is 1. The summed E-state index contributed by atoms with van der Waals surface area (Å²) >= 11 is 5.88. The maximum atomic E-state index is 10.7. The van der Waals surface area contributed by atoms with Crippen molar-refractivity contribution in [2.24, 2.45) is 0 Å². The van der Waals surface area contributed by atoms with Crippen LogP contribution in [0, 0.1) is 0 Å². The summed E-state index contributed by atoms with van der Waals surface area (Å²) in [6, 6.07) is 2.84. The van der Waals surface area contributed by atoms with E-state index >= 15 is 0 Å². The monoisotopic (exact) mass is 242 g/mol. The van der Waals surface area contributed by atoms with Crippen LogP contribution in [0.25, 0.3) is 0 Å². The smallest absolute Gasteiger partial charge is 0.320 e. The van der Waals surface area contributed by atoms with Gasteiger partial charge in [0, 0.05) is 19.2 Å². The third kappa shape index (κ3) is 2.43. The predicted molar refractivity (Wildman–Crippen MR) is 57.7 cm³/mol. The number of ether oxygens (including phenoxy) is 1. The standard InChI is InChI=1S/C10H11ClN2O3/c11-7-2-1-3-12-9(7)16-6-4-8(10(14)15)13-5-6/h1-3,6,8,13H,4-5H2,(H,14,15). The number of pyridine rings is 1. The van der Waals surface area contributed by atoms with E-state index in [4.69, 9.17) is 21.4 Å². The van der Waals surface area contributed by atoms with E-state index in [1.165, 1.54) is 0 Å². The number of hydrogen-bond acceptors (Lipinski definition) is 4. The third-order valence-electron chi connectivity index (χ3n) is 2.39. The zero-order valence-electron chi connectivity index (χ0n) is 8.39. The van der Waals surface area contributed by atoms with Crippen LogP contribution in [0.2, 0.25) is 5.02 Å². The highest BCUT2D eigenvalue weighted by Gasteiger charge is 2.30. The molecule has 0 saturated carbocycles. The van der Waals surface area contributed by atoms with Crippen LogP contribution in [-0.2, 0) is 4.79 Å². The van der Waals surface area contributed by atoms with Gasteiger partial charge in [0.25, 0.3) is 0 Å². The van der Waals surface area contributed by atoms with Gasteiger partial charge in [-0.1, -0.05) is 11.6 Å². The molecule has 0 bridgehead atoms. The Labute approximate surface area is 97.4 Å². The number of hydrogen-bond donors (Lipinski definition) is 2. The number of nitrogens with one attached hydrogen (secondary N) is 1. The van der Waals surface area contributed by atoms with Gasteiger partial charge in [-0.3, -0.25) is 4.79 Å². The van der Waals surface area contributed by atoms with E-state index in [9.17, 15) is 4.79 Å². The summed E-state index contributed by atoms with van der Waals surface area (Å²) in [5.41, 5.74) is 0. The van der Waals surface area contributed by atoms with Crippen molar-refractivity contribution in [3.63, 3.8) is 0 Å². The van der Waals surface area contributed by atoms with E-state index in [0.717, 1.165) is 0 Å². The van der Waals surface area contributed by atoms with Gasteiger partial charge in [0.05, 0.1) is 0 Å². The summed E-state index contributed by atoms with van der Waals surface area (Å²) in [6.07, 6.45) is 1.80. The second-order valence-corrected chi connectivity index (χ2v) is 3.97. The van der Waals surface area contributed by atoms with Crippen LogP contribution in [0.3, 0.4) is 0 Å². The van der Waals surface area contributed by atoms with Gasteiger partial charge < -0.3 is 15.2 Å². The van der Waals surface area contributed by atoms with E-state index in [-0.39, 0.29) is 6.10 Å². The molecule has 5 nitrogen and oxygen atoms in total. The molecule has 0 spiro atoms.